The Balaban J connectivity index is 1.23. The van der Waals surface area contributed by atoms with Crippen LogP contribution in [0, 0.1) is 11.7 Å². The number of nitrogens with one attached hydrogen (secondary N) is 3. The van der Waals surface area contributed by atoms with Crippen molar-refractivity contribution in [2.45, 2.75) is 133 Å². The zero-order chi connectivity index (χ0) is 36.0. The van der Waals surface area contributed by atoms with Crippen LogP contribution in [0.15, 0.2) is 18.2 Å². The fraction of sp³-hybridized carbons (Fsp3) is 0.676. The van der Waals surface area contributed by atoms with Gasteiger partial charge in [-0.2, -0.15) is 0 Å². The number of amides is 5. The van der Waals surface area contributed by atoms with E-state index in [4.69, 9.17) is 9.47 Å². The third-order valence-corrected chi connectivity index (χ3v) is 12.0. The Morgan fingerprint density at radius 1 is 1.02 bits per heavy atom. The van der Waals surface area contributed by atoms with Crippen molar-refractivity contribution in [3.8, 4) is 0 Å². The number of sulfonamides is 1. The number of alkyl carbamates (subject to hydrolysis) is 1. The Bertz CT molecular complexity index is 1660. The van der Waals surface area contributed by atoms with Crippen LogP contribution in [0.3, 0.4) is 0 Å². The predicted molar refractivity (Wildman–Crippen MR) is 176 cm³/mol. The molecule has 3 aliphatic heterocycles. The van der Waals surface area contributed by atoms with Gasteiger partial charge in [-0.15, -0.1) is 0 Å². The van der Waals surface area contributed by atoms with Crippen LogP contribution < -0.4 is 15.4 Å². The molecule has 0 unspecified atom stereocenters. The molecule has 274 valence electrons. The molecule has 6 rings (SSSR count). The van der Waals surface area contributed by atoms with Gasteiger partial charge in [0.1, 0.15) is 35.1 Å². The summed E-state index contributed by atoms with van der Waals surface area (Å²) in [5, 5.41) is 4.84. The van der Waals surface area contributed by atoms with Crippen molar-refractivity contribution in [2.75, 3.05) is 6.54 Å². The topological polar surface area (TPSA) is 181 Å². The van der Waals surface area contributed by atoms with Gasteiger partial charge in [0, 0.05) is 18.5 Å². The van der Waals surface area contributed by atoms with Crippen LogP contribution in [-0.4, -0.2) is 89.2 Å². The average Bonchev–Trinajstić information content (AvgIpc) is 3.91. The normalized spacial score (nSPS) is 28.7. The van der Waals surface area contributed by atoms with E-state index < -0.39 is 80.3 Å². The molecule has 5 atom stereocenters. The maximum absolute atomic E-state index is 14.4. The SMILES string of the molecule is CC(C)(C)OC(=O)N[C@H]1CCCCCC[C@H]2C[C@@]2(C(=O)NS(=O)(=O)C2CC2)NC(=O)[C@@H]2C[C@@H](OC(=O)N3Cc4cccc(F)c4C3)CN2C1=O. The van der Waals surface area contributed by atoms with Gasteiger partial charge >= 0.3 is 12.2 Å². The molecule has 0 bridgehead atoms. The zero-order valence-corrected chi connectivity index (χ0v) is 29.5. The number of nitrogens with zero attached hydrogens (tertiary/aromatic N) is 2. The van der Waals surface area contributed by atoms with E-state index in [0.717, 1.165) is 19.3 Å². The number of hydrogen-bond acceptors (Lipinski definition) is 9. The smallest absolute Gasteiger partial charge is 0.410 e. The highest BCUT2D eigenvalue weighted by molar-refractivity contribution is 7.91. The van der Waals surface area contributed by atoms with Gasteiger partial charge in [0.05, 0.1) is 18.3 Å². The van der Waals surface area contributed by atoms with Crippen molar-refractivity contribution in [1.29, 1.82) is 0 Å². The number of carbonyl (C=O) groups is 5. The number of ether oxygens (including phenoxy) is 2. The number of benzene rings is 1. The first-order valence-corrected chi connectivity index (χ1v) is 19.0. The molecule has 50 heavy (non-hydrogen) atoms. The minimum absolute atomic E-state index is 0.00475. The van der Waals surface area contributed by atoms with Crippen molar-refractivity contribution in [3.05, 3.63) is 35.1 Å². The summed E-state index contributed by atoms with van der Waals surface area (Å²) in [6.45, 7) is 5.05. The quantitative estimate of drug-likeness (QED) is 0.413. The van der Waals surface area contributed by atoms with Gasteiger partial charge in [-0.1, -0.05) is 37.8 Å². The molecular formula is C34H46FN5O9S. The highest BCUT2D eigenvalue weighted by Crippen LogP contribution is 2.48. The van der Waals surface area contributed by atoms with Crippen LogP contribution in [0.4, 0.5) is 14.0 Å². The molecule has 1 aromatic rings. The van der Waals surface area contributed by atoms with Gasteiger partial charge in [0.2, 0.25) is 21.8 Å². The summed E-state index contributed by atoms with van der Waals surface area (Å²) < 4.78 is 53.2. The molecule has 2 aliphatic carbocycles. The van der Waals surface area contributed by atoms with E-state index in [0.29, 0.717) is 36.8 Å². The number of fused-ring (bicyclic) bond motifs is 3. The minimum atomic E-state index is -3.89. The van der Waals surface area contributed by atoms with E-state index in [1.54, 1.807) is 32.9 Å². The Labute approximate surface area is 291 Å². The number of carbonyl (C=O) groups excluding carboxylic acids is 5. The van der Waals surface area contributed by atoms with Crippen LogP contribution in [0.25, 0.3) is 0 Å². The van der Waals surface area contributed by atoms with Crippen LogP contribution in [0.1, 0.15) is 96.1 Å². The van der Waals surface area contributed by atoms with Crippen molar-refractivity contribution in [2.24, 2.45) is 5.92 Å². The summed E-state index contributed by atoms with van der Waals surface area (Å²) in [6, 6.07) is 2.35. The lowest BCUT2D eigenvalue weighted by Gasteiger charge is -2.30. The van der Waals surface area contributed by atoms with Gasteiger partial charge in [0.15, 0.2) is 0 Å². The second kappa shape index (κ2) is 13.6. The molecule has 4 fully saturated rings. The summed E-state index contributed by atoms with van der Waals surface area (Å²) in [5.74, 6) is -2.78. The first-order chi connectivity index (χ1) is 23.6. The first-order valence-electron chi connectivity index (χ1n) is 17.5. The fourth-order valence-corrected chi connectivity index (χ4v) is 8.62. The van der Waals surface area contributed by atoms with Crippen molar-refractivity contribution in [1.82, 2.24) is 25.2 Å². The molecule has 3 heterocycles. The highest BCUT2D eigenvalue weighted by atomic mass is 32.2. The van der Waals surface area contributed by atoms with Crippen LogP contribution >= 0.6 is 0 Å². The molecule has 14 nitrogen and oxygen atoms in total. The molecule has 0 radical (unpaired) electrons. The lowest BCUT2D eigenvalue weighted by atomic mass is 10.0. The third kappa shape index (κ3) is 7.84. The number of hydrogen-bond donors (Lipinski definition) is 3. The second-order valence-corrected chi connectivity index (χ2v) is 17.2. The van der Waals surface area contributed by atoms with E-state index in [1.807, 2.05) is 0 Å². The molecule has 1 aromatic carbocycles. The Kier molecular flexibility index (Phi) is 9.78. The minimum Gasteiger partial charge on any atom is -0.444 e. The summed E-state index contributed by atoms with van der Waals surface area (Å²) in [6.07, 6.45) is 2.25. The standard InChI is InChI=1S/C34H46FN5O9S/c1-33(2,3)49-31(44)36-26-12-7-5-4-6-10-21-16-34(21,30(43)38-50(46,47)23-13-14-23)37-28(41)27-15-22(18-40(27)29(26)42)48-32(45)39-17-20-9-8-11-25(35)24(20)19-39/h8-9,11,21-23,26-27H,4-7,10,12-19H2,1-3H3,(H,36,44)(H,37,41)(H,38,43)/t21-,22+,26-,27-,34+/m0/s1. The average molecular weight is 720 g/mol. The molecule has 5 aliphatic rings. The van der Waals surface area contributed by atoms with Crippen LogP contribution in [0.2, 0.25) is 0 Å². The summed E-state index contributed by atoms with van der Waals surface area (Å²) in [4.78, 5) is 70.6. The molecule has 0 spiro atoms. The summed E-state index contributed by atoms with van der Waals surface area (Å²) in [5.41, 5.74) is -1.25. The van der Waals surface area contributed by atoms with E-state index in [1.165, 1.54) is 15.9 Å². The maximum atomic E-state index is 14.4. The molecule has 3 N–H and O–H groups in total. The van der Waals surface area contributed by atoms with Gasteiger partial charge in [-0.25, -0.2) is 22.4 Å². The third-order valence-electron chi connectivity index (χ3n) is 10.1. The van der Waals surface area contributed by atoms with E-state index in [9.17, 15) is 36.8 Å². The van der Waals surface area contributed by atoms with Crippen molar-refractivity contribution in [3.63, 3.8) is 0 Å². The monoisotopic (exact) mass is 719 g/mol. The highest BCUT2D eigenvalue weighted by Gasteiger charge is 2.62. The lowest BCUT2D eigenvalue weighted by Crippen LogP contribution is -2.58. The molecule has 16 heteroatoms. The van der Waals surface area contributed by atoms with Gasteiger partial charge in [-0.05, 0) is 70.4 Å². The largest absolute Gasteiger partial charge is 0.444 e. The Hall–Kier alpha value is -3.95. The predicted octanol–water partition coefficient (Wildman–Crippen LogP) is 2.98. The molecule has 2 saturated heterocycles. The summed E-state index contributed by atoms with van der Waals surface area (Å²) in [7, 11) is -3.89. The first kappa shape index (κ1) is 35.9. The molecular weight excluding hydrogens is 673 g/mol. The molecule has 5 amide bonds. The van der Waals surface area contributed by atoms with Crippen molar-refractivity contribution < 1.29 is 46.3 Å². The lowest BCUT2D eigenvalue weighted by molar-refractivity contribution is -0.141. The Morgan fingerprint density at radius 2 is 1.74 bits per heavy atom. The Morgan fingerprint density at radius 3 is 2.42 bits per heavy atom. The number of rotatable bonds is 5. The summed E-state index contributed by atoms with van der Waals surface area (Å²) >= 11 is 0. The number of halogens is 1. The van der Waals surface area contributed by atoms with Crippen LogP contribution in [-0.2, 0) is 47.0 Å². The molecule has 0 aromatic heterocycles. The zero-order valence-electron chi connectivity index (χ0n) is 28.7. The maximum Gasteiger partial charge on any atom is 0.410 e. The molecule has 2 saturated carbocycles. The van der Waals surface area contributed by atoms with Gasteiger partial charge < -0.3 is 25.0 Å². The van der Waals surface area contributed by atoms with Gasteiger partial charge in [-0.3, -0.25) is 24.0 Å². The van der Waals surface area contributed by atoms with E-state index in [-0.39, 0.29) is 44.8 Å². The second-order valence-electron chi connectivity index (χ2n) is 15.2. The van der Waals surface area contributed by atoms with Crippen molar-refractivity contribution >= 4 is 39.9 Å². The van der Waals surface area contributed by atoms with E-state index in [2.05, 4.69) is 15.4 Å². The fourth-order valence-electron chi connectivity index (χ4n) is 7.25. The van der Waals surface area contributed by atoms with Crippen LogP contribution in [0.5, 0.6) is 0 Å². The van der Waals surface area contributed by atoms with Gasteiger partial charge in [0.25, 0.3) is 5.91 Å². The van der Waals surface area contributed by atoms with E-state index >= 15 is 0 Å².